The predicted molar refractivity (Wildman–Crippen MR) is 146 cm³/mol. The molecule has 0 amide bonds. The highest BCUT2D eigenvalue weighted by Gasteiger charge is 2.30. The lowest BCUT2D eigenvalue weighted by Gasteiger charge is -2.39. The molecule has 1 N–H and O–H groups in total. The molecule has 36 heavy (non-hydrogen) atoms. The summed E-state index contributed by atoms with van der Waals surface area (Å²) in [5, 5.41) is 12.9. The minimum atomic E-state index is -1.10. The average Bonchev–Trinajstić information content (AvgIpc) is 3.30. The number of pyridine rings is 1. The fourth-order valence-corrected chi connectivity index (χ4v) is 7.46. The Hall–Kier alpha value is -1.87. The van der Waals surface area contributed by atoms with Crippen LogP contribution in [-0.2, 0) is 4.79 Å². The van der Waals surface area contributed by atoms with Crippen molar-refractivity contribution >= 4 is 51.6 Å². The molecule has 0 bridgehead atoms. The second-order valence-electron chi connectivity index (χ2n) is 9.27. The molecule has 5 nitrogen and oxygen atoms in total. The van der Waals surface area contributed by atoms with Crippen molar-refractivity contribution in [3.63, 3.8) is 0 Å². The van der Waals surface area contributed by atoms with E-state index in [0.29, 0.717) is 30.1 Å². The zero-order valence-corrected chi connectivity index (χ0v) is 22.8. The molecule has 1 saturated heterocycles. The summed E-state index contributed by atoms with van der Waals surface area (Å²) in [5.41, 5.74) is 1.40. The van der Waals surface area contributed by atoms with Crippen molar-refractivity contribution in [3.05, 3.63) is 52.5 Å². The molecule has 1 aliphatic rings. The Morgan fingerprint density at radius 1 is 1.33 bits per heavy atom. The number of thioether (sulfide) groups is 1. The van der Waals surface area contributed by atoms with Crippen LogP contribution in [0.15, 0.2) is 46.1 Å². The number of nitrogens with zero attached hydrogens (tertiary/aromatic N) is 2. The third kappa shape index (κ3) is 7.12. The Bertz CT molecular complexity index is 1160. The molecule has 2 aromatic heterocycles. The van der Waals surface area contributed by atoms with Gasteiger partial charge >= 0.3 is 5.97 Å². The molecule has 194 valence electrons. The number of piperidine rings is 1. The molecular formula is C27H32ClFN2O3S2. The number of hydrogen-bond donors (Lipinski definition) is 1. The maximum atomic E-state index is 15.5. The monoisotopic (exact) mass is 550 g/mol. The number of carboxylic acid groups (broad SMARTS) is 1. The van der Waals surface area contributed by atoms with Crippen molar-refractivity contribution in [2.45, 2.75) is 42.5 Å². The number of hydrogen-bond acceptors (Lipinski definition) is 6. The van der Waals surface area contributed by atoms with Crippen LogP contribution in [0.1, 0.15) is 43.8 Å². The second-order valence-corrected chi connectivity index (χ2v) is 12.0. The van der Waals surface area contributed by atoms with Gasteiger partial charge in [0, 0.05) is 36.8 Å². The average molecular weight is 551 g/mol. The summed E-state index contributed by atoms with van der Waals surface area (Å²) in [5.74, 6) is 1.44. The summed E-state index contributed by atoms with van der Waals surface area (Å²) < 4.78 is 22.0. The third-order valence-electron chi connectivity index (χ3n) is 7.04. The number of aliphatic carboxylic acids is 1. The van der Waals surface area contributed by atoms with Gasteiger partial charge < -0.3 is 14.7 Å². The number of carbonyl (C=O) groups is 1. The number of likely N-dealkylation sites (tertiary alicyclic amines) is 1. The SMILES string of the molecule is COc1ccc2nccc([C@@H](F)CCC3CCN(CCSc4sccc4Cl)CC3CCC(=O)O)c2c1. The summed E-state index contributed by atoms with van der Waals surface area (Å²) >= 11 is 9.64. The quantitative estimate of drug-likeness (QED) is 0.238. The number of aromatic nitrogens is 1. The minimum Gasteiger partial charge on any atom is -0.497 e. The maximum Gasteiger partial charge on any atom is 0.303 e. The van der Waals surface area contributed by atoms with Crippen molar-refractivity contribution in [3.8, 4) is 5.75 Å². The van der Waals surface area contributed by atoms with Gasteiger partial charge in [-0.05, 0) is 85.3 Å². The van der Waals surface area contributed by atoms with Crippen molar-refractivity contribution in [2.24, 2.45) is 11.8 Å². The van der Waals surface area contributed by atoms with Crippen LogP contribution in [0.4, 0.5) is 4.39 Å². The molecule has 1 aromatic carbocycles. The third-order valence-corrected chi connectivity index (χ3v) is 9.80. The van der Waals surface area contributed by atoms with Crippen LogP contribution < -0.4 is 4.74 Å². The molecule has 2 unspecified atom stereocenters. The fraction of sp³-hybridized carbons (Fsp3) is 0.481. The van der Waals surface area contributed by atoms with Crippen molar-refractivity contribution in [1.82, 2.24) is 9.88 Å². The molecule has 0 saturated carbocycles. The van der Waals surface area contributed by atoms with E-state index in [1.807, 2.05) is 29.6 Å². The molecule has 3 aromatic rings. The first-order valence-electron chi connectivity index (χ1n) is 12.3. The van der Waals surface area contributed by atoms with Crippen molar-refractivity contribution in [2.75, 3.05) is 32.5 Å². The number of rotatable bonds is 12. The molecule has 0 radical (unpaired) electrons. The lowest BCUT2D eigenvalue weighted by atomic mass is 9.79. The first kappa shape index (κ1) is 27.2. The standard InChI is InChI=1S/C27H32ClFN2O3S2/c1-34-20-4-6-25-22(16-20)21(8-11-30-25)24(29)5-2-18-9-12-31(17-19(18)3-7-26(32)33)13-15-36-27-23(28)10-14-35-27/h4,6,8,10-11,14,16,18-19,24H,2-3,5,7,9,12-13,15,17H2,1H3,(H,32,33)/t18?,19?,24-/m0/s1. The number of methoxy groups -OCH3 is 1. The van der Waals surface area contributed by atoms with Crippen LogP contribution in [0.5, 0.6) is 5.75 Å². The number of ether oxygens (including phenoxy) is 1. The van der Waals surface area contributed by atoms with Gasteiger partial charge in [0.15, 0.2) is 0 Å². The zero-order chi connectivity index (χ0) is 25.5. The Morgan fingerprint density at radius 3 is 2.94 bits per heavy atom. The van der Waals surface area contributed by atoms with E-state index in [-0.39, 0.29) is 12.3 Å². The first-order chi connectivity index (χ1) is 17.4. The second kappa shape index (κ2) is 13.1. The van der Waals surface area contributed by atoms with E-state index < -0.39 is 12.1 Å². The van der Waals surface area contributed by atoms with Crippen molar-refractivity contribution in [1.29, 1.82) is 0 Å². The summed E-state index contributed by atoms with van der Waals surface area (Å²) in [6.07, 6.45) is 3.46. The summed E-state index contributed by atoms with van der Waals surface area (Å²) in [7, 11) is 1.60. The molecule has 3 atom stereocenters. The van der Waals surface area contributed by atoms with E-state index in [2.05, 4.69) is 9.88 Å². The molecule has 0 spiro atoms. The smallest absolute Gasteiger partial charge is 0.303 e. The van der Waals surface area contributed by atoms with Crippen LogP contribution in [0, 0.1) is 11.8 Å². The van der Waals surface area contributed by atoms with Gasteiger partial charge in [-0.1, -0.05) is 11.6 Å². The molecule has 3 heterocycles. The number of carboxylic acids is 1. The van der Waals surface area contributed by atoms with Crippen LogP contribution >= 0.6 is 34.7 Å². The van der Waals surface area contributed by atoms with Crippen LogP contribution in [0.2, 0.25) is 5.02 Å². The van der Waals surface area contributed by atoms with Gasteiger partial charge in [-0.2, -0.15) is 0 Å². The highest BCUT2D eigenvalue weighted by Crippen LogP contribution is 2.37. The summed E-state index contributed by atoms with van der Waals surface area (Å²) in [6, 6.07) is 9.22. The molecule has 1 fully saturated rings. The number of fused-ring (bicyclic) bond motifs is 1. The zero-order valence-electron chi connectivity index (χ0n) is 20.4. The Morgan fingerprint density at radius 2 is 2.19 bits per heavy atom. The van der Waals surface area contributed by atoms with Gasteiger partial charge in [0.25, 0.3) is 0 Å². The summed E-state index contributed by atoms with van der Waals surface area (Å²) in [4.78, 5) is 18.1. The van der Waals surface area contributed by atoms with Gasteiger partial charge in [0.05, 0.1) is 21.9 Å². The Kier molecular flexibility index (Phi) is 9.87. The van der Waals surface area contributed by atoms with Crippen LogP contribution in [0.3, 0.4) is 0 Å². The number of halogens is 2. The normalized spacial score (nSPS) is 19.4. The van der Waals surface area contributed by atoms with Crippen molar-refractivity contribution < 1.29 is 19.0 Å². The highest BCUT2D eigenvalue weighted by atomic mass is 35.5. The van der Waals surface area contributed by atoms with Gasteiger partial charge in [-0.15, -0.1) is 23.1 Å². The van der Waals surface area contributed by atoms with E-state index in [9.17, 15) is 9.90 Å². The predicted octanol–water partition coefficient (Wildman–Crippen LogP) is 7.34. The van der Waals surface area contributed by atoms with E-state index in [1.54, 1.807) is 42.5 Å². The highest BCUT2D eigenvalue weighted by molar-refractivity contribution is 8.01. The summed E-state index contributed by atoms with van der Waals surface area (Å²) in [6.45, 7) is 2.76. The topological polar surface area (TPSA) is 62.7 Å². The van der Waals surface area contributed by atoms with Gasteiger partial charge in [0.2, 0.25) is 0 Å². The minimum absolute atomic E-state index is 0.155. The Balaban J connectivity index is 1.36. The molecule has 9 heteroatoms. The van der Waals surface area contributed by atoms with Crippen LogP contribution in [0.25, 0.3) is 10.9 Å². The van der Waals surface area contributed by atoms with Gasteiger partial charge in [-0.3, -0.25) is 9.78 Å². The maximum absolute atomic E-state index is 15.5. The van der Waals surface area contributed by atoms with Crippen LogP contribution in [-0.4, -0.2) is 53.5 Å². The number of thiophene rings is 1. The van der Waals surface area contributed by atoms with Gasteiger partial charge in [0.1, 0.15) is 11.9 Å². The molecule has 1 aliphatic heterocycles. The lowest BCUT2D eigenvalue weighted by Crippen LogP contribution is -2.41. The number of alkyl halides is 1. The van der Waals surface area contributed by atoms with E-state index >= 15 is 4.39 Å². The number of benzene rings is 1. The first-order valence-corrected chi connectivity index (χ1v) is 14.6. The molecule has 4 rings (SSSR count). The van der Waals surface area contributed by atoms with E-state index in [0.717, 1.165) is 58.4 Å². The van der Waals surface area contributed by atoms with E-state index in [4.69, 9.17) is 16.3 Å². The largest absolute Gasteiger partial charge is 0.497 e. The molecule has 0 aliphatic carbocycles. The van der Waals surface area contributed by atoms with E-state index in [1.165, 1.54) is 0 Å². The lowest BCUT2D eigenvalue weighted by molar-refractivity contribution is -0.137. The molecular weight excluding hydrogens is 519 g/mol. The van der Waals surface area contributed by atoms with Gasteiger partial charge in [-0.25, -0.2) is 4.39 Å². The fourth-order valence-electron chi connectivity index (χ4n) is 5.09. The Labute approximate surface area is 225 Å².